The summed E-state index contributed by atoms with van der Waals surface area (Å²) in [5.74, 6) is -1.33. The minimum Gasteiger partial charge on any atom is -0.494 e. The summed E-state index contributed by atoms with van der Waals surface area (Å²) in [7, 11) is 0. The predicted molar refractivity (Wildman–Crippen MR) is 97.1 cm³/mol. The van der Waals surface area contributed by atoms with E-state index in [-0.39, 0.29) is 38.3 Å². The summed E-state index contributed by atoms with van der Waals surface area (Å²) >= 11 is 11.5. The van der Waals surface area contributed by atoms with Crippen LogP contribution in [0.1, 0.15) is 55.2 Å². The first-order chi connectivity index (χ1) is 11.5. The molecule has 7 heteroatoms. The Morgan fingerprint density at radius 1 is 1.40 bits per heavy atom. The topological polar surface area (TPSA) is 83.1 Å². The lowest BCUT2D eigenvalue weighted by molar-refractivity contribution is 0.0946. The molecule has 0 radical (unpaired) electrons. The number of ketones is 1. The number of hydrogen-bond acceptors (Lipinski definition) is 4. The maximum Gasteiger partial charge on any atom is 0.271 e. The van der Waals surface area contributed by atoms with Crippen LogP contribution in [0.5, 0.6) is 5.88 Å². The molecule has 134 valence electrons. The van der Waals surface area contributed by atoms with E-state index >= 15 is 0 Å². The van der Waals surface area contributed by atoms with Gasteiger partial charge in [-0.15, -0.1) is 0 Å². The average Bonchev–Trinajstić information content (AvgIpc) is 2.98. The van der Waals surface area contributed by atoms with Gasteiger partial charge >= 0.3 is 0 Å². The Kier molecular flexibility index (Phi) is 5.09. The number of aromatic nitrogens is 1. The fourth-order valence-corrected chi connectivity index (χ4v) is 3.75. The zero-order valence-corrected chi connectivity index (χ0v) is 16.2. The van der Waals surface area contributed by atoms with E-state index in [2.05, 4.69) is 0 Å². The van der Waals surface area contributed by atoms with Crippen LogP contribution < -0.4 is 5.56 Å². The fourth-order valence-electron chi connectivity index (χ4n) is 3.48. The number of aromatic hydroxyl groups is 1. The lowest BCUT2D eigenvalue weighted by Gasteiger charge is -2.18. The van der Waals surface area contributed by atoms with Gasteiger partial charge in [-0.3, -0.25) is 14.2 Å². The Bertz CT molecular complexity index is 872. The van der Waals surface area contributed by atoms with E-state index in [0.29, 0.717) is 0 Å². The monoisotopic (exact) mass is 382 g/mol. The Hall–Kier alpha value is -1.77. The van der Waals surface area contributed by atoms with Gasteiger partial charge in [-0.1, -0.05) is 37.0 Å². The normalized spacial score (nSPS) is 20.9. The first kappa shape index (κ1) is 19.6. The molecule has 1 aliphatic carbocycles. The van der Waals surface area contributed by atoms with Crippen LogP contribution in [-0.4, -0.2) is 15.5 Å². The number of pyridine rings is 1. The van der Waals surface area contributed by atoms with Crippen LogP contribution in [0, 0.1) is 35.5 Å². The summed E-state index contributed by atoms with van der Waals surface area (Å²) in [6, 6.07) is 1.46. The molecule has 0 aromatic carbocycles. The van der Waals surface area contributed by atoms with Gasteiger partial charge in [0.2, 0.25) is 5.88 Å². The second-order valence-electron chi connectivity index (χ2n) is 7.22. The summed E-state index contributed by atoms with van der Waals surface area (Å²) in [5, 5.41) is 19.9. The molecule has 2 unspecified atom stereocenters. The van der Waals surface area contributed by atoms with Crippen molar-refractivity contribution in [1.29, 1.82) is 5.26 Å². The first-order valence-corrected chi connectivity index (χ1v) is 8.67. The van der Waals surface area contributed by atoms with Gasteiger partial charge in [0.25, 0.3) is 5.56 Å². The highest BCUT2D eigenvalue weighted by Crippen LogP contribution is 2.61. The number of nitrogens with zero attached hydrogens (tertiary/aromatic N) is 2. The lowest BCUT2D eigenvalue weighted by atomic mass is 9.96. The summed E-state index contributed by atoms with van der Waals surface area (Å²) < 4.78 is 1.16. The van der Waals surface area contributed by atoms with Crippen LogP contribution in [0.2, 0.25) is 0 Å². The molecule has 1 fully saturated rings. The molecule has 1 aromatic rings. The van der Waals surface area contributed by atoms with Crippen molar-refractivity contribution in [3.8, 4) is 11.9 Å². The van der Waals surface area contributed by atoms with Crippen molar-refractivity contribution in [3.63, 3.8) is 0 Å². The molecule has 0 saturated heterocycles. The molecule has 0 aliphatic heterocycles. The third-order valence-corrected chi connectivity index (χ3v) is 5.26. The molecular formula is C18H20Cl2N2O3. The third kappa shape index (κ3) is 3.09. The van der Waals surface area contributed by atoms with Crippen molar-refractivity contribution in [2.75, 3.05) is 0 Å². The van der Waals surface area contributed by atoms with Gasteiger partial charge < -0.3 is 5.11 Å². The fraction of sp³-hybridized carbons (Fsp3) is 0.500. The van der Waals surface area contributed by atoms with Crippen molar-refractivity contribution in [2.45, 2.75) is 40.7 Å². The molecule has 2 atom stereocenters. The van der Waals surface area contributed by atoms with E-state index in [9.17, 15) is 20.0 Å². The molecule has 1 N–H and O–H groups in total. The molecule has 0 bridgehead atoms. The van der Waals surface area contributed by atoms with E-state index in [4.69, 9.17) is 23.2 Å². The van der Waals surface area contributed by atoms with Crippen molar-refractivity contribution < 1.29 is 9.90 Å². The Morgan fingerprint density at radius 3 is 2.40 bits per heavy atom. The number of rotatable bonds is 4. The Morgan fingerprint density at radius 2 is 1.96 bits per heavy atom. The van der Waals surface area contributed by atoms with Gasteiger partial charge in [0.05, 0.1) is 5.56 Å². The van der Waals surface area contributed by atoms with Crippen LogP contribution in [0.4, 0.5) is 0 Å². The van der Waals surface area contributed by atoms with E-state index in [0.717, 1.165) is 4.57 Å². The molecule has 1 aliphatic rings. The van der Waals surface area contributed by atoms with Crippen LogP contribution in [-0.2, 0) is 0 Å². The largest absolute Gasteiger partial charge is 0.494 e. The Balaban J connectivity index is 2.67. The van der Waals surface area contributed by atoms with E-state index < -0.39 is 23.4 Å². The number of hydrogen-bond donors (Lipinski definition) is 1. The van der Waals surface area contributed by atoms with E-state index in [1.165, 1.54) is 6.92 Å². The maximum absolute atomic E-state index is 13.1. The third-order valence-electron chi connectivity index (χ3n) is 5.01. The standard InChI is InChI=1S/C18H20Cl2N2O3/c1-8(2)22-16(24)10(7-21)9(3)13(17(22)25)15(23)14-11(6-12(19)20)18(14,4)5/h6,8,11,14,25H,1-5H3. The summed E-state index contributed by atoms with van der Waals surface area (Å²) in [6.45, 7) is 8.72. The number of halogens is 2. The molecular weight excluding hydrogens is 363 g/mol. The second-order valence-corrected chi connectivity index (χ2v) is 8.23. The predicted octanol–water partition coefficient (Wildman–Crippen LogP) is 4.09. The average molecular weight is 383 g/mol. The minimum atomic E-state index is -0.598. The summed E-state index contributed by atoms with van der Waals surface area (Å²) in [4.78, 5) is 25.5. The first-order valence-electron chi connectivity index (χ1n) is 7.91. The molecule has 0 spiro atoms. The number of allylic oxidation sites excluding steroid dienone is 1. The van der Waals surface area contributed by atoms with Crippen LogP contribution in [0.25, 0.3) is 0 Å². The number of nitriles is 1. The molecule has 1 heterocycles. The number of Topliss-reactive ketones (excluding diaryl/α,β-unsaturated/α-hetero) is 1. The molecule has 25 heavy (non-hydrogen) atoms. The van der Waals surface area contributed by atoms with Gasteiger partial charge in [0.1, 0.15) is 16.1 Å². The minimum absolute atomic E-state index is 0.0181. The molecule has 5 nitrogen and oxygen atoms in total. The zero-order valence-electron chi connectivity index (χ0n) is 14.7. The Labute approximate surface area is 156 Å². The van der Waals surface area contributed by atoms with Crippen LogP contribution in [0.15, 0.2) is 15.4 Å². The van der Waals surface area contributed by atoms with E-state index in [1.807, 2.05) is 19.9 Å². The molecule has 1 saturated carbocycles. The van der Waals surface area contributed by atoms with Crippen molar-refractivity contribution >= 4 is 29.0 Å². The van der Waals surface area contributed by atoms with Crippen LogP contribution in [0.3, 0.4) is 0 Å². The van der Waals surface area contributed by atoms with E-state index in [1.54, 1.807) is 19.9 Å². The van der Waals surface area contributed by atoms with Crippen molar-refractivity contribution in [2.24, 2.45) is 17.3 Å². The van der Waals surface area contributed by atoms with Crippen molar-refractivity contribution in [3.05, 3.63) is 37.6 Å². The van der Waals surface area contributed by atoms with Gasteiger partial charge in [-0.2, -0.15) is 5.26 Å². The highest BCUT2D eigenvalue weighted by molar-refractivity contribution is 6.55. The second kappa shape index (κ2) is 6.51. The summed E-state index contributed by atoms with van der Waals surface area (Å²) in [5.41, 5.74) is -0.884. The maximum atomic E-state index is 13.1. The number of carbonyl (C=O) groups excluding carboxylic acids is 1. The highest BCUT2D eigenvalue weighted by Gasteiger charge is 2.61. The van der Waals surface area contributed by atoms with Gasteiger partial charge in [0.15, 0.2) is 5.78 Å². The van der Waals surface area contributed by atoms with Gasteiger partial charge in [-0.25, -0.2) is 0 Å². The van der Waals surface area contributed by atoms with Crippen LogP contribution >= 0.6 is 23.2 Å². The molecule has 2 rings (SSSR count). The quantitative estimate of drug-likeness (QED) is 0.794. The van der Waals surface area contributed by atoms with Gasteiger partial charge in [0, 0.05) is 12.0 Å². The highest BCUT2D eigenvalue weighted by atomic mass is 35.5. The zero-order chi connectivity index (χ0) is 19.3. The summed E-state index contributed by atoms with van der Waals surface area (Å²) in [6.07, 6.45) is 1.61. The van der Waals surface area contributed by atoms with Crippen molar-refractivity contribution in [1.82, 2.24) is 4.57 Å². The number of carbonyl (C=O) groups is 1. The lowest BCUT2D eigenvalue weighted by Crippen LogP contribution is -2.28. The molecule has 1 aromatic heterocycles. The smallest absolute Gasteiger partial charge is 0.271 e. The molecule has 0 amide bonds. The van der Waals surface area contributed by atoms with Gasteiger partial charge in [-0.05, 0) is 43.7 Å². The SMILES string of the molecule is Cc1c(C(=O)C2C(C=C(Cl)Cl)C2(C)C)c(O)n(C(C)C)c(=O)c1C#N.